The summed E-state index contributed by atoms with van der Waals surface area (Å²) in [7, 11) is 0. The molecule has 0 radical (unpaired) electrons. The molecule has 124 valence electrons. The second kappa shape index (κ2) is 7.55. The molecule has 2 rings (SSSR count). The van der Waals surface area contributed by atoms with Gasteiger partial charge < -0.3 is 5.32 Å². The van der Waals surface area contributed by atoms with Crippen LogP contribution in [0, 0.1) is 17.0 Å². The molecule has 0 aliphatic carbocycles. The van der Waals surface area contributed by atoms with E-state index in [1.54, 1.807) is 13.0 Å². The van der Waals surface area contributed by atoms with Gasteiger partial charge in [-0.2, -0.15) is 0 Å². The summed E-state index contributed by atoms with van der Waals surface area (Å²) in [6, 6.07) is 12.4. The zero-order valence-corrected chi connectivity index (χ0v) is 13.9. The number of non-ortho nitro benzene ring substituents is 1. The summed E-state index contributed by atoms with van der Waals surface area (Å²) >= 11 is 0. The molecule has 0 aromatic heterocycles. The first-order valence-electron chi connectivity index (χ1n) is 7.71. The lowest BCUT2D eigenvalue weighted by molar-refractivity contribution is -0.384. The highest BCUT2D eigenvalue weighted by molar-refractivity contribution is 6.02. The normalized spacial score (nSPS) is 11.0. The molecule has 0 fully saturated rings. The first kappa shape index (κ1) is 17.4. The molecule has 5 nitrogen and oxygen atoms in total. The van der Waals surface area contributed by atoms with Crippen molar-refractivity contribution in [1.29, 1.82) is 0 Å². The molecule has 1 amide bonds. The van der Waals surface area contributed by atoms with E-state index >= 15 is 0 Å². The van der Waals surface area contributed by atoms with Crippen molar-refractivity contribution in [2.75, 3.05) is 5.32 Å². The molecule has 0 atom stereocenters. The quantitative estimate of drug-likeness (QED) is 0.493. The fourth-order valence-corrected chi connectivity index (χ4v) is 2.24. The van der Waals surface area contributed by atoms with Crippen molar-refractivity contribution in [3.63, 3.8) is 0 Å². The molecule has 2 aromatic carbocycles. The van der Waals surface area contributed by atoms with E-state index in [1.807, 2.05) is 24.3 Å². The highest BCUT2D eigenvalue weighted by Gasteiger charge is 2.09. The van der Waals surface area contributed by atoms with Crippen LogP contribution in [-0.2, 0) is 4.79 Å². The molecule has 0 aliphatic rings. The first-order chi connectivity index (χ1) is 11.4. The van der Waals surface area contributed by atoms with Crippen LogP contribution in [0.25, 0.3) is 6.08 Å². The maximum Gasteiger partial charge on any atom is 0.269 e. The third-order valence-corrected chi connectivity index (χ3v) is 3.71. The Labute approximate surface area is 141 Å². The minimum atomic E-state index is -0.459. The molecule has 24 heavy (non-hydrogen) atoms. The van der Waals surface area contributed by atoms with E-state index in [2.05, 4.69) is 19.2 Å². The van der Waals surface area contributed by atoms with Gasteiger partial charge in [-0.1, -0.05) is 38.1 Å². The lowest BCUT2D eigenvalue weighted by Crippen LogP contribution is -2.09. The predicted octanol–water partition coefficient (Wildman–Crippen LogP) is 4.68. The van der Waals surface area contributed by atoms with Crippen LogP contribution >= 0.6 is 0 Å². The Kier molecular flexibility index (Phi) is 5.47. The molecule has 5 heteroatoms. The average molecular weight is 324 g/mol. The van der Waals surface area contributed by atoms with Crippen LogP contribution < -0.4 is 5.32 Å². The maximum absolute atomic E-state index is 12.0. The Hall–Kier alpha value is -2.95. The third-order valence-electron chi connectivity index (χ3n) is 3.71. The number of aryl methyl sites for hydroxylation is 1. The lowest BCUT2D eigenvalue weighted by atomic mass is 10.0. The van der Waals surface area contributed by atoms with E-state index in [0.717, 1.165) is 5.56 Å². The number of nitrogens with zero attached hydrogens (tertiary/aromatic N) is 1. The number of nitrogens with one attached hydrogen (secondary N) is 1. The number of benzene rings is 2. The van der Waals surface area contributed by atoms with Gasteiger partial charge in [0.05, 0.1) is 4.92 Å². The van der Waals surface area contributed by atoms with E-state index in [-0.39, 0.29) is 11.6 Å². The number of rotatable bonds is 5. The van der Waals surface area contributed by atoms with Crippen LogP contribution in [0.2, 0.25) is 0 Å². The molecule has 2 aromatic rings. The maximum atomic E-state index is 12.0. The molecule has 0 unspecified atom stereocenters. The van der Waals surface area contributed by atoms with Crippen molar-refractivity contribution in [3.05, 3.63) is 75.3 Å². The molecular weight excluding hydrogens is 304 g/mol. The van der Waals surface area contributed by atoms with Crippen LogP contribution in [0.3, 0.4) is 0 Å². The van der Waals surface area contributed by atoms with Crippen LogP contribution in [-0.4, -0.2) is 10.8 Å². The van der Waals surface area contributed by atoms with E-state index in [1.165, 1.54) is 29.8 Å². The Balaban J connectivity index is 2.03. The first-order valence-corrected chi connectivity index (χ1v) is 7.71. The number of nitro benzene ring substituents is 1. The summed E-state index contributed by atoms with van der Waals surface area (Å²) in [4.78, 5) is 22.3. The SMILES string of the molecule is Cc1cc([N+](=O)[O-])ccc1NC(=O)C=Cc1ccc(C(C)C)cc1. The number of hydrogen-bond acceptors (Lipinski definition) is 3. The Morgan fingerprint density at radius 2 is 1.83 bits per heavy atom. The van der Waals surface area contributed by atoms with Crippen molar-refractivity contribution >= 4 is 23.4 Å². The average Bonchev–Trinajstić information content (AvgIpc) is 2.55. The largest absolute Gasteiger partial charge is 0.322 e. The summed E-state index contributed by atoms with van der Waals surface area (Å²) in [5.74, 6) is 0.191. The van der Waals surface area contributed by atoms with Crippen molar-refractivity contribution in [1.82, 2.24) is 0 Å². The summed E-state index contributed by atoms with van der Waals surface area (Å²) in [5.41, 5.74) is 3.40. The zero-order valence-electron chi connectivity index (χ0n) is 13.9. The highest BCUT2D eigenvalue weighted by atomic mass is 16.6. The predicted molar refractivity (Wildman–Crippen MR) is 96.0 cm³/mol. The Morgan fingerprint density at radius 3 is 2.38 bits per heavy atom. The standard InChI is InChI=1S/C19H20N2O3/c1-13(2)16-7-4-15(5-8-16)6-11-19(22)20-18-10-9-17(21(23)24)12-14(18)3/h4-13H,1-3H3,(H,20,22). The van der Waals surface area contributed by atoms with Gasteiger partial charge in [0.1, 0.15) is 0 Å². The molecule has 1 N–H and O–H groups in total. The number of carbonyl (C=O) groups is 1. The smallest absolute Gasteiger partial charge is 0.269 e. The lowest BCUT2D eigenvalue weighted by Gasteiger charge is -2.06. The fourth-order valence-electron chi connectivity index (χ4n) is 2.24. The molecule has 0 bridgehead atoms. The van der Waals surface area contributed by atoms with Crippen molar-refractivity contribution in [2.45, 2.75) is 26.7 Å². The van der Waals surface area contributed by atoms with Gasteiger partial charge in [-0.15, -0.1) is 0 Å². The zero-order chi connectivity index (χ0) is 17.7. The van der Waals surface area contributed by atoms with Crippen LogP contribution in [0.4, 0.5) is 11.4 Å². The molecule has 0 spiro atoms. The number of amides is 1. The number of nitro groups is 1. The third kappa shape index (κ3) is 4.52. The molecule has 0 heterocycles. The molecule has 0 saturated carbocycles. The van der Waals surface area contributed by atoms with Crippen molar-refractivity contribution in [3.8, 4) is 0 Å². The van der Waals surface area contributed by atoms with E-state index < -0.39 is 4.92 Å². The summed E-state index contributed by atoms with van der Waals surface area (Å²) in [5, 5.41) is 13.4. The minimum absolute atomic E-state index is 0.00582. The summed E-state index contributed by atoms with van der Waals surface area (Å²) in [6.07, 6.45) is 3.19. The van der Waals surface area contributed by atoms with Gasteiger partial charge in [0.2, 0.25) is 5.91 Å². The topological polar surface area (TPSA) is 72.2 Å². The minimum Gasteiger partial charge on any atom is -0.322 e. The van der Waals surface area contributed by atoms with E-state index in [9.17, 15) is 14.9 Å². The molecular formula is C19H20N2O3. The number of anilines is 1. The highest BCUT2D eigenvalue weighted by Crippen LogP contribution is 2.21. The van der Waals surface area contributed by atoms with E-state index in [0.29, 0.717) is 17.2 Å². The fraction of sp³-hybridized carbons (Fsp3) is 0.211. The Morgan fingerprint density at radius 1 is 1.17 bits per heavy atom. The van der Waals surface area contributed by atoms with Gasteiger partial charge in [0, 0.05) is 23.9 Å². The second-order valence-corrected chi connectivity index (χ2v) is 5.90. The van der Waals surface area contributed by atoms with Crippen LogP contribution in [0.15, 0.2) is 48.5 Å². The number of hydrogen-bond donors (Lipinski definition) is 1. The summed E-state index contributed by atoms with van der Waals surface area (Å²) in [6.45, 7) is 5.98. The van der Waals surface area contributed by atoms with Gasteiger partial charge in [0.25, 0.3) is 5.69 Å². The molecule has 0 aliphatic heterocycles. The van der Waals surface area contributed by atoms with E-state index in [4.69, 9.17) is 0 Å². The van der Waals surface area contributed by atoms with Crippen LogP contribution in [0.1, 0.15) is 36.5 Å². The van der Waals surface area contributed by atoms with Gasteiger partial charge in [-0.3, -0.25) is 14.9 Å². The van der Waals surface area contributed by atoms with Gasteiger partial charge in [-0.25, -0.2) is 0 Å². The van der Waals surface area contributed by atoms with Gasteiger partial charge in [-0.05, 0) is 41.7 Å². The van der Waals surface area contributed by atoms with Gasteiger partial charge >= 0.3 is 0 Å². The number of carbonyl (C=O) groups excluding carboxylic acids is 1. The van der Waals surface area contributed by atoms with Crippen molar-refractivity contribution in [2.24, 2.45) is 0 Å². The van der Waals surface area contributed by atoms with Crippen LogP contribution in [0.5, 0.6) is 0 Å². The second-order valence-electron chi connectivity index (χ2n) is 5.90. The molecule has 0 saturated heterocycles. The Bertz CT molecular complexity index is 778. The summed E-state index contributed by atoms with van der Waals surface area (Å²) < 4.78 is 0. The monoisotopic (exact) mass is 324 g/mol. The van der Waals surface area contributed by atoms with Gasteiger partial charge in [0.15, 0.2) is 0 Å². The van der Waals surface area contributed by atoms with Crippen molar-refractivity contribution < 1.29 is 9.72 Å².